The molecule has 0 spiro atoms. The van der Waals surface area contributed by atoms with Gasteiger partial charge < -0.3 is 10.2 Å². The summed E-state index contributed by atoms with van der Waals surface area (Å²) < 4.78 is 0. The highest BCUT2D eigenvalue weighted by atomic mass is 16.3. The molecule has 0 fully saturated rings. The van der Waals surface area contributed by atoms with Crippen LogP contribution in [0.5, 0.6) is 0 Å². The van der Waals surface area contributed by atoms with Crippen molar-refractivity contribution in [3.8, 4) is 0 Å². The van der Waals surface area contributed by atoms with E-state index < -0.39 is 11.7 Å². The van der Waals surface area contributed by atoms with Crippen LogP contribution < -0.4 is 0 Å². The molecule has 0 aliphatic heterocycles. The molecule has 2 unspecified atom stereocenters. The molecule has 0 aliphatic carbocycles. The molecule has 0 bridgehead atoms. The molecule has 2 nitrogen and oxygen atoms in total. The van der Waals surface area contributed by atoms with E-state index >= 15 is 0 Å². The number of unbranched alkanes of at least 4 members (excludes halogenated alkanes) is 3. The molecule has 18 heavy (non-hydrogen) atoms. The van der Waals surface area contributed by atoms with Gasteiger partial charge in [0, 0.05) is 5.92 Å². The standard InChI is InChI=1S/C16H34O2/c1-5-8-11-15(14(4)17)16(18,12-9-6-2)13-10-7-3/h14-15,17-18H,5-13H2,1-4H3. The van der Waals surface area contributed by atoms with Gasteiger partial charge in [0.15, 0.2) is 0 Å². The molecule has 0 heterocycles. The van der Waals surface area contributed by atoms with E-state index in [2.05, 4.69) is 20.8 Å². The van der Waals surface area contributed by atoms with E-state index in [0.29, 0.717) is 0 Å². The average molecular weight is 258 g/mol. The van der Waals surface area contributed by atoms with Crippen LogP contribution in [0, 0.1) is 5.92 Å². The van der Waals surface area contributed by atoms with E-state index in [1.165, 1.54) is 0 Å². The zero-order valence-corrected chi connectivity index (χ0v) is 12.9. The second-order valence-corrected chi connectivity index (χ2v) is 5.80. The molecule has 0 rings (SSSR count). The van der Waals surface area contributed by atoms with Crippen LogP contribution in [0.3, 0.4) is 0 Å². The molecule has 2 heteroatoms. The maximum absolute atomic E-state index is 11.0. The fourth-order valence-corrected chi connectivity index (χ4v) is 2.84. The maximum atomic E-state index is 11.0. The van der Waals surface area contributed by atoms with Crippen molar-refractivity contribution in [2.24, 2.45) is 5.92 Å². The quantitative estimate of drug-likeness (QED) is 0.580. The van der Waals surface area contributed by atoms with Gasteiger partial charge in [-0.3, -0.25) is 0 Å². The maximum Gasteiger partial charge on any atom is 0.0700 e. The van der Waals surface area contributed by atoms with Crippen LogP contribution in [0.1, 0.15) is 85.5 Å². The highest BCUT2D eigenvalue weighted by Crippen LogP contribution is 2.35. The summed E-state index contributed by atoms with van der Waals surface area (Å²) in [5.74, 6) is 0.0375. The van der Waals surface area contributed by atoms with Crippen molar-refractivity contribution in [3.63, 3.8) is 0 Å². The number of aliphatic hydroxyl groups excluding tert-OH is 1. The molecule has 0 aromatic carbocycles. The summed E-state index contributed by atoms with van der Waals surface area (Å²) in [7, 11) is 0. The first-order valence-corrected chi connectivity index (χ1v) is 7.92. The topological polar surface area (TPSA) is 40.5 Å². The van der Waals surface area contributed by atoms with Crippen LogP contribution in [0.25, 0.3) is 0 Å². The van der Waals surface area contributed by atoms with Crippen molar-refractivity contribution in [3.05, 3.63) is 0 Å². The molecule has 0 aromatic heterocycles. The molecule has 0 saturated heterocycles. The number of aliphatic hydroxyl groups is 2. The molecule has 0 radical (unpaired) electrons. The lowest BCUT2D eigenvalue weighted by Crippen LogP contribution is -2.43. The Hall–Kier alpha value is -0.0800. The SMILES string of the molecule is CCCCC(C(C)O)C(O)(CCCC)CCCC. The van der Waals surface area contributed by atoms with Crippen molar-refractivity contribution in [1.82, 2.24) is 0 Å². The Kier molecular flexibility index (Phi) is 9.76. The molecule has 0 aromatic rings. The first kappa shape index (κ1) is 17.9. The predicted octanol–water partition coefficient (Wildman–Crippen LogP) is 4.29. The molecule has 2 N–H and O–H groups in total. The van der Waals surface area contributed by atoms with Gasteiger partial charge in [-0.2, -0.15) is 0 Å². The minimum absolute atomic E-state index is 0.0375. The third kappa shape index (κ3) is 6.19. The lowest BCUT2D eigenvalue weighted by Gasteiger charge is -2.38. The van der Waals surface area contributed by atoms with Gasteiger partial charge in [0.1, 0.15) is 0 Å². The second-order valence-electron chi connectivity index (χ2n) is 5.80. The molecule has 0 aliphatic rings. The van der Waals surface area contributed by atoms with E-state index in [1.807, 2.05) is 6.92 Å². The predicted molar refractivity (Wildman–Crippen MR) is 78.7 cm³/mol. The van der Waals surface area contributed by atoms with Crippen molar-refractivity contribution >= 4 is 0 Å². The van der Waals surface area contributed by atoms with Crippen molar-refractivity contribution < 1.29 is 10.2 Å². The zero-order chi connectivity index (χ0) is 14.0. The highest BCUT2D eigenvalue weighted by Gasteiger charge is 2.37. The van der Waals surface area contributed by atoms with Crippen LogP contribution in [-0.4, -0.2) is 21.9 Å². The van der Waals surface area contributed by atoms with Crippen molar-refractivity contribution in [1.29, 1.82) is 0 Å². The Morgan fingerprint density at radius 2 is 1.33 bits per heavy atom. The normalized spacial score (nSPS) is 15.7. The van der Waals surface area contributed by atoms with E-state index in [1.54, 1.807) is 0 Å². The van der Waals surface area contributed by atoms with E-state index in [9.17, 15) is 10.2 Å². The van der Waals surface area contributed by atoms with Gasteiger partial charge in [-0.25, -0.2) is 0 Å². The molecule has 0 saturated carbocycles. The fourth-order valence-electron chi connectivity index (χ4n) is 2.84. The Balaban J connectivity index is 4.71. The van der Waals surface area contributed by atoms with Gasteiger partial charge in [0.25, 0.3) is 0 Å². The van der Waals surface area contributed by atoms with Gasteiger partial charge in [0.05, 0.1) is 11.7 Å². The Morgan fingerprint density at radius 3 is 1.67 bits per heavy atom. The first-order valence-electron chi connectivity index (χ1n) is 7.92. The summed E-state index contributed by atoms with van der Waals surface area (Å²) in [5.41, 5.74) is -0.657. The minimum Gasteiger partial charge on any atom is -0.393 e. The summed E-state index contributed by atoms with van der Waals surface area (Å²) >= 11 is 0. The second kappa shape index (κ2) is 9.80. The molecular formula is C16H34O2. The summed E-state index contributed by atoms with van der Waals surface area (Å²) in [6, 6.07) is 0. The van der Waals surface area contributed by atoms with Gasteiger partial charge in [-0.05, 0) is 26.2 Å². The lowest BCUT2D eigenvalue weighted by atomic mass is 9.74. The average Bonchev–Trinajstić information content (AvgIpc) is 2.34. The first-order chi connectivity index (χ1) is 8.51. The zero-order valence-electron chi connectivity index (χ0n) is 12.9. The highest BCUT2D eigenvalue weighted by molar-refractivity contribution is 4.89. The Labute approximate surface area is 114 Å². The minimum atomic E-state index is -0.657. The molecule has 0 amide bonds. The summed E-state index contributed by atoms with van der Waals surface area (Å²) in [5, 5.41) is 21.0. The van der Waals surface area contributed by atoms with Crippen LogP contribution in [0.2, 0.25) is 0 Å². The Bertz CT molecular complexity index is 182. The summed E-state index contributed by atoms with van der Waals surface area (Å²) in [4.78, 5) is 0. The molecule has 2 atom stereocenters. The summed E-state index contributed by atoms with van der Waals surface area (Å²) in [6.45, 7) is 8.31. The van der Waals surface area contributed by atoms with Crippen LogP contribution in [0.4, 0.5) is 0 Å². The van der Waals surface area contributed by atoms with Gasteiger partial charge in [-0.15, -0.1) is 0 Å². The number of hydrogen-bond acceptors (Lipinski definition) is 2. The number of rotatable bonds is 11. The molecular weight excluding hydrogens is 224 g/mol. The van der Waals surface area contributed by atoms with E-state index in [0.717, 1.165) is 57.8 Å². The van der Waals surface area contributed by atoms with Crippen molar-refractivity contribution in [2.45, 2.75) is 97.2 Å². The third-order valence-corrected chi connectivity index (χ3v) is 4.07. The van der Waals surface area contributed by atoms with Gasteiger partial charge in [-0.1, -0.05) is 59.3 Å². The van der Waals surface area contributed by atoms with E-state index in [4.69, 9.17) is 0 Å². The van der Waals surface area contributed by atoms with E-state index in [-0.39, 0.29) is 5.92 Å². The number of hydrogen-bond donors (Lipinski definition) is 2. The third-order valence-electron chi connectivity index (χ3n) is 4.07. The lowest BCUT2D eigenvalue weighted by molar-refractivity contribution is -0.0836. The van der Waals surface area contributed by atoms with Gasteiger partial charge >= 0.3 is 0 Å². The van der Waals surface area contributed by atoms with Gasteiger partial charge in [0.2, 0.25) is 0 Å². The summed E-state index contributed by atoms with van der Waals surface area (Å²) in [6.07, 6.45) is 8.74. The smallest absolute Gasteiger partial charge is 0.0700 e. The monoisotopic (exact) mass is 258 g/mol. The fraction of sp³-hybridized carbons (Fsp3) is 1.00. The van der Waals surface area contributed by atoms with Crippen molar-refractivity contribution in [2.75, 3.05) is 0 Å². The molecule has 110 valence electrons. The van der Waals surface area contributed by atoms with Crippen LogP contribution in [0.15, 0.2) is 0 Å². The van der Waals surface area contributed by atoms with Crippen LogP contribution in [-0.2, 0) is 0 Å². The van der Waals surface area contributed by atoms with Crippen LogP contribution >= 0.6 is 0 Å². The Morgan fingerprint density at radius 1 is 0.889 bits per heavy atom. The largest absolute Gasteiger partial charge is 0.393 e.